The highest BCUT2D eigenvalue weighted by atomic mass is 16.5. The van der Waals surface area contributed by atoms with Crippen LogP contribution in [0.25, 0.3) is 4.85 Å². The highest BCUT2D eigenvalue weighted by molar-refractivity contribution is 6.03. The molecule has 0 unspecified atom stereocenters. The Kier molecular flexibility index (Phi) is 4.03. The van der Waals surface area contributed by atoms with Crippen molar-refractivity contribution in [3.8, 4) is 0 Å². The molecule has 0 aromatic heterocycles. The van der Waals surface area contributed by atoms with Crippen molar-refractivity contribution < 1.29 is 19.1 Å². The van der Waals surface area contributed by atoms with Crippen molar-refractivity contribution >= 4 is 17.5 Å². The number of hydrogen-bond acceptors (Lipinski definition) is 4. The van der Waals surface area contributed by atoms with Gasteiger partial charge in [-0.05, 0) is 30.4 Å². The first-order valence-electron chi connectivity index (χ1n) is 9.04. The predicted octanol–water partition coefficient (Wildman–Crippen LogP) is 3.65. The Hall–Kier alpha value is -2.22. The molecule has 5 heteroatoms. The maximum Gasteiger partial charge on any atom is 0.302 e. The van der Waals surface area contributed by atoms with Crippen LogP contribution in [0.4, 0.5) is 0 Å². The summed E-state index contributed by atoms with van der Waals surface area (Å²) in [5.74, 6) is -0.596. The number of nitrogens with zero attached hydrogens (tertiary/aromatic N) is 1. The summed E-state index contributed by atoms with van der Waals surface area (Å²) in [5, 5.41) is 0. The Labute approximate surface area is 154 Å². The van der Waals surface area contributed by atoms with E-state index < -0.39 is 28.3 Å². The highest BCUT2D eigenvalue weighted by Gasteiger charge is 2.61. The summed E-state index contributed by atoms with van der Waals surface area (Å²) in [5.41, 5.74) is -0.696. The van der Waals surface area contributed by atoms with Crippen molar-refractivity contribution in [2.75, 3.05) is 0 Å². The minimum atomic E-state index is -0.678. The smallest absolute Gasteiger partial charge is 0.302 e. The molecule has 0 bridgehead atoms. The molecule has 26 heavy (non-hydrogen) atoms. The van der Waals surface area contributed by atoms with Crippen LogP contribution >= 0.6 is 0 Å². The molecule has 0 N–H and O–H groups in total. The van der Waals surface area contributed by atoms with Gasteiger partial charge in [-0.25, -0.2) is 4.85 Å². The number of hydrogen-bond donors (Lipinski definition) is 0. The molecule has 1 saturated carbocycles. The molecule has 0 heterocycles. The second-order valence-corrected chi connectivity index (χ2v) is 8.81. The molecule has 3 aliphatic carbocycles. The van der Waals surface area contributed by atoms with Gasteiger partial charge in [-0.3, -0.25) is 9.59 Å². The Morgan fingerprint density at radius 3 is 2.50 bits per heavy atom. The SMILES string of the molecule is [C-]#[N+]C1=C[C@]2(C)C3=CC(=O)C[C@@H](OC(C)=O)[C@]3(C)CC[C@H]2C(C)(C)C1=O. The highest BCUT2D eigenvalue weighted by Crippen LogP contribution is 2.64. The van der Waals surface area contributed by atoms with Crippen molar-refractivity contribution in [2.45, 2.75) is 60.0 Å². The average Bonchev–Trinajstić information content (AvgIpc) is 2.53. The lowest BCUT2D eigenvalue weighted by molar-refractivity contribution is -0.157. The molecule has 138 valence electrons. The lowest BCUT2D eigenvalue weighted by Gasteiger charge is -2.59. The summed E-state index contributed by atoms with van der Waals surface area (Å²) in [6.45, 7) is 16.6. The molecule has 0 saturated heterocycles. The molecule has 0 spiro atoms. The van der Waals surface area contributed by atoms with Gasteiger partial charge < -0.3 is 9.53 Å². The number of rotatable bonds is 1. The quantitative estimate of drug-likeness (QED) is 0.532. The van der Waals surface area contributed by atoms with Gasteiger partial charge in [0.05, 0.1) is 6.57 Å². The van der Waals surface area contributed by atoms with Gasteiger partial charge in [0, 0.05) is 29.6 Å². The number of allylic oxidation sites excluding steroid dienone is 3. The fraction of sp³-hybridized carbons (Fsp3) is 0.619. The Bertz CT molecular complexity index is 812. The second kappa shape index (κ2) is 5.64. The molecule has 0 aromatic carbocycles. The van der Waals surface area contributed by atoms with Gasteiger partial charge in [0.15, 0.2) is 11.6 Å². The number of ether oxygens (including phenoxy) is 1. The maximum atomic E-state index is 12.8. The van der Waals surface area contributed by atoms with E-state index in [2.05, 4.69) is 4.85 Å². The van der Waals surface area contributed by atoms with Crippen LogP contribution in [0.15, 0.2) is 23.4 Å². The van der Waals surface area contributed by atoms with Crippen molar-refractivity contribution in [1.29, 1.82) is 0 Å². The lowest BCUT2D eigenvalue weighted by Crippen LogP contribution is -2.56. The Morgan fingerprint density at radius 2 is 1.92 bits per heavy atom. The number of carbonyl (C=O) groups is 3. The van der Waals surface area contributed by atoms with E-state index in [1.807, 2.05) is 27.7 Å². The summed E-state index contributed by atoms with van der Waals surface area (Å²) in [4.78, 5) is 40.2. The van der Waals surface area contributed by atoms with Gasteiger partial charge in [-0.15, -0.1) is 0 Å². The average molecular weight is 355 g/mol. The zero-order chi connectivity index (χ0) is 19.5. The molecule has 0 radical (unpaired) electrons. The minimum Gasteiger partial charge on any atom is -0.461 e. The summed E-state index contributed by atoms with van der Waals surface area (Å²) >= 11 is 0. The molecular formula is C21H25NO4. The van der Waals surface area contributed by atoms with Crippen LogP contribution in [0.2, 0.25) is 0 Å². The van der Waals surface area contributed by atoms with Crippen LogP contribution in [0.1, 0.15) is 53.9 Å². The van der Waals surface area contributed by atoms with Gasteiger partial charge in [-0.2, -0.15) is 0 Å². The zero-order valence-electron chi connectivity index (χ0n) is 16.0. The maximum absolute atomic E-state index is 12.8. The zero-order valence-corrected chi connectivity index (χ0v) is 16.0. The van der Waals surface area contributed by atoms with E-state index in [0.29, 0.717) is 0 Å². The summed E-state index contributed by atoms with van der Waals surface area (Å²) in [6, 6.07) is 0. The number of Topliss-reactive ketones (excluding diaryl/α,β-unsaturated/α-hetero) is 1. The van der Waals surface area contributed by atoms with E-state index >= 15 is 0 Å². The third-order valence-corrected chi connectivity index (χ3v) is 6.83. The van der Waals surface area contributed by atoms with Gasteiger partial charge in [-0.1, -0.05) is 33.8 Å². The minimum absolute atomic E-state index is 0.00352. The molecule has 3 aliphatic rings. The van der Waals surface area contributed by atoms with E-state index in [-0.39, 0.29) is 29.6 Å². The van der Waals surface area contributed by atoms with Crippen LogP contribution in [-0.2, 0) is 19.1 Å². The second-order valence-electron chi connectivity index (χ2n) is 8.81. The normalized spacial score (nSPS) is 38.3. The van der Waals surface area contributed by atoms with E-state index in [1.54, 1.807) is 12.2 Å². The lowest BCUT2D eigenvalue weighted by atomic mass is 9.45. The van der Waals surface area contributed by atoms with Gasteiger partial charge in [0.2, 0.25) is 5.70 Å². The largest absolute Gasteiger partial charge is 0.461 e. The predicted molar refractivity (Wildman–Crippen MR) is 95.7 cm³/mol. The first-order valence-corrected chi connectivity index (χ1v) is 9.04. The first-order chi connectivity index (χ1) is 12.0. The van der Waals surface area contributed by atoms with Crippen LogP contribution in [0.3, 0.4) is 0 Å². The third kappa shape index (κ3) is 2.39. The molecule has 5 nitrogen and oxygen atoms in total. The van der Waals surface area contributed by atoms with Gasteiger partial charge >= 0.3 is 5.97 Å². The van der Waals surface area contributed by atoms with E-state index in [0.717, 1.165) is 18.4 Å². The molecule has 0 aliphatic heterocycles. The van der Waals surface area contributed by atoms with E-state index in [1.165, 1.54) is 6.92 Å². The first kappa shape index (κ1) is 18.6. The standard InChI is InChI=1S/C21H25NO4/c1-12(23)26-17-10-13(24)9-16-20(17,4)8-7-15-19(2,3)18(25)14(22-6)11-21(15,16)5/h9,11,15,17H,7-8,10H2,1-5H3/t15-,17+,20+,21-/m0/s1. The molecular weight excluding hydrogens is 330 g/mol. The molecule has 4 atom stereocenters. The molecule has 1 fully saturated rings. The van der Waals surface area contributed by atoms with Crippen molar-refractivity contribution in [3.05, 3.63) is 34.8 Å². The number of carbonyl (C=O) groups excluding carboxylic acids is 3. The molecule has 0 aromatic rings. The Morgan fingerprint density at radius 1 is 1.27 bits per heavy atom. The molecule has 3 rings (SSSR count). The van der Waals surface area contributed by atoms with Crippen LogP contribution < -0.4 is 0 Å². The van der Waals surface area contributed by atoms with Crippen LogP contribution in [-0.4, -0.2) is 23.6 Å². The fourth-order valence-corrected chi connectivity index (χ4v) is 5.55. The fourth-order valence-electron chi connectivity index (χ4n) is 5.55. The number of fused-ring (bicyclic) bond motifs is 3. The van der Waals surface area contributed by atoms with Crippen molar-refractivity contribution in [3.63, 3.8) is 0 Å². The number of esters is 1. The van der Waals surface area contributed by atoms with Crippen molar-refractivity contribution in [1.82, 2.24) is 0 Å². The monoisotopic (exact) mass is 355 g/mol. The summed E-state index contributed by atoms with van der Waals surface area (Å²) in [6.07, 6.45) is 4.62. The van der Waals surface area contributed by atoms with Gasteiger partial charge in [0.1, 0.15) is 6.10 Å². The van der Waals surface area contributed by atoms with Crippen molar-refractivity contribution in [2.24, 2.45) is 22.2 Å². The Balaban J connectivity index is 2.21. The van der Waals surface area contributed by atoms with Crippen LogP contribution in [0, 0.1) is 28.7 Å². The van der Waals surface area contributed by atoms with E-state index in [4.69, 9.17) is 11.3 Å². The number of ketones is 2. The third-order valence-electron chi connectivity index (χ3n) is 6.83. The van der Waals surface area contributed by atoms with E-state index in [9.17, 15) is 14.4 Å². The molecule has 0 amide bonds. The van der Waals surface area contributed by atoms with Crippen LogP contribution in [0.5, 0.6) is 0 Å². The topological polar surface area (TPSA) is 64.8 Å². The summed E-state index contributed by atoms with van der Waals surface area (Å²) < 4.78 is 5.54. The van der Waals surface area contributed by atoms with Gasteiger partial charge in [0.25, 0.3) is 0 Å². The summed E-state index contributed by atoms with van der Waals surface area (Å²) in [7, 11) is 0.